The van der Waals surface area contributed by atoms with E-state index in [4.69, 9.17) is 14.2 Å². The standard InChI is InChI=1S/C18H17NO4Se/c1-21-15-8-12(9-16(22-2)17(15)23-3)14-10-19-24-18(14)11-5-4-6-13(20)7-11/h4-10,20H,1-3H3. The zero-order chi connectivity index (χ0) is 17.1. The van der Waals surface area contributed by atoms with Crippen LogP contribution in [0.15, 0.2) is 42.6 Å². The number of methoxy groups -OCH3 is 3. The Bertz CT molecular complexity index is 835. The van der Waals surface area contributed by atoms with Gasteiger partial charge in [-0.2, -0.15) is 0 Å². The van der Waals surface area contributed by atoms with Gasteiger partial charge in [-0.1, -0.05) is 0 Å². The molecule has 6 heteroatoms. The van der Waals surface area contributed by atoms with E-state index in [1.54, 1.807) is 33.5 Å². The molecule has 0 aliphatic carbocycles. The van der Waals surface area contributed by atoms with Crippen LogP contribution < -0.4 is 14.2 Å². The molecular weight excluding hydrogens is 373 g/mol. The number of hydrogen-bond acceptors (Lipinski definition) is 5. The second-order valence-corrected chi connectivity index (χ2v) is 6.71. The van der Waals surface area contributed by atoms with Crippen molar-refractivity contribution in [3.8, 4) is 44.1 Å². The number of aromatic nitrogens is 1. The van der Waals surface area contributed by atoms with Crippen LogP contribution in [-0.4, -0.2) is 45.1 Å². The monoisotopic (exact) mass is 391 g/mol. The summed E-state index contributed by atoms with van der Waals surface area (Å²) in [6.45, 7) is 0. The maximum atomic E-state index is 9.75. The molecule has 3 rings (SSSR count). The fourth-order valence-electron chi connectivity index (χ4n) is 2.54. The Labute approximate surface area is 146 Å². The van der Waals surface area contributed by atoms with Gasteiger partial charge in [0.15, 0.2) is 0 Å². The number of phenolic OH excluding ortho intramolecular Hbond substituents is 1. The molecule has 0 amide bonds. The summed E-state index contributed by atoms with van der Waals surface area (Å²) < 4.78 is 21.8. The first-order valence-electron chi connectivity index (χ1n) is 7.22. The van der Waals surface area contributed by atoms with E-state index in [2.05, 4.69) is 3.98 Å². The van der Waals surface area contributed by atoms with E-state index in [9.17, 15) is 5.11 Å². The Morgan fingerprint density at radius 1 is 0.917 bits per heavy atom. The molecule has 0 aliphatic heterocycles. The number of ether oxygens (including phenoxy) is 3. The van der Waals surface area contributed by atoms with Gasteiger partial charge >= 0.3 is 146 Å². The molecule has 0 aliphatic rings. The summed E-state index contributed by atoms with van der Waals surface area (Å²) in [6, 6.07) is 11.0. The third kappa shape index (κ3) is 2.98. The minimum absolute atomic E-state index is 0.0382. The Morgan fingerprint density at radius 2 is 1.62 bits per heavy atom. The predicted octanol–water partition coefficient (Wildman–Crippen LogP) is 3.20. The molecule has 124 valence electrons. The summed E-state index contributed by atoms with van der Waals surface area (Å²) >= 11 is -0.0382. The van der Waals surface area contributed by atoms with E-state index in [-0.39, 0.29) is 20.5 Å². The molecule has 1 aromatic heterocycles. The summed E-state index contributed by atoms with van der Waals surface area (Å²) in [5.41, 5.74) is 2.90. The molecule has 5 nitrogen and oxygen atoms in total. The van der Waals surface area contributed by atoms with Gasteiger partial charge in [-0.05, 0) is 0 Å². The van der Waals surface area contributed by atoms with E-state index < -0.39 is 0 Å². The fourth-order valence-corrected chi connectivity index (χ4v) is 4.14. The Hall–Kier alpha value is -2.43. The number of benzene rings is 2. The van der Waals surface area contributed by atoms with Crippen molar-refractivity contribution in [1.29, 1.82) is 0 Å². The molecule has 24 heavy (non-hydrogen) atoms. The summed E-state index contributed by atoms with van der Waals surface area (Å²) in [7, 11) is 4.77. The van der Waals surface area contributed by atoms with E-state index in [1.807, 2.05) is 30.5 Å². The Balaban J connectivity index is 2.16. The van der Waals surface area contributed by atoms with Gasteiger partial charge in [0.05, 0.1) is 0 Å². The third-order valence-electron chi connectivity index (χ3n) is 3.65. The van der Waals surface area contributed by atoms with E-state index in [0.29, 0.717) is 17.2 Å². The molecule has 0 radical (unpaired) electrons. The number of aromatic hydroxyl groups is 1. The number of hydrogen-bond donors (Lipinski definition) is 1. The van der Waals surface area contributed by atoms with E-state index >= 15 is 0 Å². The van der Waals surface area contributed by atoms with Gasteiger partial charge in [-0.25, -0.2) is 0 Å². The molecular formula is C18H17NO4Se. The SMILES string of the molecule is COc1cc(-c2cn[se]c2-c2cccc(O)c2)cc(OC)c1OC. The van der Waals surface area contributed by atoms with Crippen molar-refractivity contribution in [2.24, 2.45) is 0 Å². The number of rotatable bonds is 5. The molecule has 1 heterocycles. The molecule has 0 spiro atoms. The van der Waals surface area contributed by atoms with Crippen LogP contribution in [0.1, 0.15) is 0 Å². The average Bonchev–Trinajstić information content (AvgIpc) is 3.10. The molecule has 0 unspecified atom stereocenters. The molecule has 3 aromatic rings. The van der Waals surface area contributed by atoms with Gasteiger partial charge in [0, 0.05) is 0 Å². The molecule has 0 bridgehead atoms. The topological polar surface area (TPSA) is 60.8 Å². The van der Waals surface area contributed by atoms with Gasteiger partial charge in [0.2, 0.25) is 0 Å². The van der Waals surface area contributed by atoms with Gasteiger partial charge < -0.3 is 0 Å². The van der Waals surface area contributed by atoms with Crippen molar-refractivity contribution in [2.75, 3.05) is 21.3 Å². The summed E-state index contributed by atoms with van der Waals surface area (Å²) in [5.74, 6) is 2.00. The van der Waals surface area contributed by atoms with Crippen molar-refractivity contribution in [3.63, 3.8) is 0 Å². The normalized spacial score (nSPS) is 10.5. The maximum absolute atomic E-state index is 9.75. The van der Waals surface area contributed by atoms with Crippen molar-refractivity contribution in [3.05, 3.63) is 42.6 Å². The van der Waals surface area contributed by atoms with Crippen molar-refractivity contribution in [1.82, 2.24) is 3.98 Å². The van der Waals surface area contributed by atoms with Crippen LogP contribution in [0.2, 0.25) is 0 Å². The Kier molecular flexibility index (Phi) is 4.78. The number of nitrogens with zero attached hydrogens (tertiary/aromatic N) is 1. The first kappa shape index (κ1) is 16.4. The second kappa shape index (κ2) is 6.99. The molecule has 0 saturated carbocycles. The summed E-state index contributed by atoms with van der Waals surface area (Å²) in [5, 5.41) is 9.75. The zero-order valence-corrected chi connectivity index (χ0v) is 15.3. The minimum atomic E-state index is -0.0382. The van der Waals surface area contributed by atoms with Crippen molar-refractivity contribution in [2.45, 2.75) is 0 Å². The Morgan fingerprint density at radius 3 is 2.21 bits per heavy atom. The quantitative estimate of drug-likeness (QED) is 0.678. The van der Waals surface area contributed by atoms with Crippen LogP contribution in [0.25, 0.3) is 21.1 Å². The molecule has 2 aromatic carbocycles. The third-order valence-corrected chi connectivity index (χ3v) is 5.44. The van der Waals surface area contributed by atoms with Gasteiger partial charge in [-0.15, -0.1) is 0 Å². The molecule has 0 saturated heterocycles. The second-order valence-electron chi connectivity index (χ2n) is 5.03. The average molecular weight is 390 g/mol. The van der Waals surface area contributed by atoms with Crippen molar-refractivity contribution < 1.29 is 19.3 Å². The van der Waals surface area contributed by atoms with Crippen LogP contribution in [0.3, 0.4) is 0 Å². The predicted molar refractivity (Wildman–Crippen MR) is 93.4 cm³/mol. The molecule has 0 fully saturated rings. The van der Waals surface area contributed by atoms with Crippen LogP contribution >= 0.6 is 0 Å². The van der Waals surface area contributed by atoms with Crippen molar-refractivity contribution >= 4 is 14.7 Å². The summed E-state index contributed by atoms with van der Waals surface area (Å²) in [6.07, 6.45) is 1.86. The zero-order valence-electron chi connectivity index (χ0n) is 13.6. The van der Waals surface area contributed by atoms with Gasteiger partial charge in [0.1, 0.15) is 0 Å². The first-order valence-corrected chi connectivity index (χ1v) is 8.84. The van der Waals surface area contributed by atoms with Crippen LogP contribution in [0.4, 0.5) is 0 Å². The first-order chi connectivity index (χ1) is 11.7. The molecule has 1 N–H and O–H groups in total. The van der Waals surface area contributed by atoms with E-state index in [0.717, 1.165) is 21.1 Å². The van der Waals surface area contributed by atoms with Gasteiger partial charge in [0.25, 0.3) is 0 Å². The fraction of sp³-hybridized carbons (Fsp3) is 0.167. The van der Waals surface area contributed by atoms with Crippen LogP contribution in [0.5, 0.6) is 23.0 Å². The number of phenols is 1. The van der Waals surface area contributed by atoms with Crippen LogP contribution in [-0.2, 0) is 0 Å². The van der Waals surface area contributed by atoms with Crippen LogP contribution in [0, 0.1) is 0 Å². The van der Waals surface area contributed by atoms with E-state index in [1.165, 1.54) is 0 Å². The van der Waals surface area contributed by atoms with Gasteiger partial charge in [-0.3, -0.25) is 0 Å². The molecule has 0 atom stereocenters. The summed E-state index contributed by atoms with van der Waals surface area (Å²) in [4.78, 5) is 0.